The summed E-state index contributed by atoms with van der Waals surface area (Å²) in [6, 6.07) is 13.7. The topological polar surface area (TPSA) is 69.7 Å². The van der Waals surface area contributed by atoms with Crippen LogP contribution < -0.4 is 4.74 Å². The van der Waals surface area contributed by atoms with Gasteiger partial charge in [0.2, 0.25) is 0 Å². The lowest BCUT2D eigenvalue weighted by molar-refractivity contribution is 0.103. The van der Waals surface area contributed by atoms with Crippen molar-refractivity contribution in [3.8, 4) is 17.2 Å². The minimum absolute atomic E-state index is 0.100. The van der Waals surface area contributed by atoms with Gasteiger partial charge in [0, 0.05) is 12.2 Å². The number of thioether (sulfide) groups is 1. The number of methoxy groups -OCH3 is 1. The molecule has 0 saturated carbocycles. The number of ether oxygens (including phenoxy) is 1. The molecule has 1 aliphatic rings. The van der Waals surface area contributed by atoms with Crippen molar-refractivity contribution in [2.75, 3.05) is 12.9 Å². The standard InChI is InChI=1S/C19H16FN3O3S/c1-24-17-5-3-2-4-15(17)18-21-22-19(25-18)27-11-14-10-16(23-26-14)12-6-8-13(20)9-7-12/h2-9,14H,10-11H2,1H3/t14-/m1/s1. The Hall–Kier alpha value is -2.87. The molecule has 3 aromatic rings. The van der Waals surface area contributed by atoms with E-state index in [0.717, 1.165) is 16.8 Å². The van der Waals surface area contributed by atoms with Gasteiger partial charge in [0.15, 0.2) is 0 Å². The molecule has 0 saturated heterocycles. The molecular formula is C19H16FN3O3S. The van der Waals surface area contributed by atoms with Gasteiger partial charge < -0.3 is 14.0 Å². The van der Waals surface area contributed by atoms with Gasteiger partial charge in [-0.05, 0) is 29.8 Å². The first-order valence-electron chi connectivity index (χ1n) is 8.31. The summed E-state index contributed by atoms with van der Waals surface area (Å²) in [5.74, 6) is 1.43. The Morgan fingerprint density at radius 3 is 2.78 bits per heavy atom. The Labute approximate surface area is 159 Å². The molecule has 1 aliphatic heterocycles. The maximum atomic E-state index is 13.0. The van der Waals surface area contributed by atoms with Crippen LogP contribution in [0.25, 0.3) is 11.5 Å². The monoisotopic (exact) mass is 385 g/mol. The molecule has 1 atom stereocenters. The summed E-state index contributed by atoms with van der Waals surface area (Å²) in [7, 11) is 1.60. The third-order valence-corrected chi connectivity index (χ3v) is 5.00. The van der Waals surface area contributed by atoms with Gasteiger partial charge in [-0.15, -0.1) is 10.2 Å². The molecule has 2 aromatic carbocycles. The molecule has 0 radical (unpaired) electrons. The summed E-state index contributed by atoms with van der Waals surface area (Å²) >= 11 is 1.41. The lowest BCUT2D eigenvalue weighted by atomic mass is 10.1. The highest BCUT2D eigenvalue weighted by molar-refractivity contribution is 7.99. The van der Waals surface area contributed by atoms with Crippen molar-refractivity contribution in [2.45, 2.75) is 17.7 Å². The van der Waals surface area contributed by atoms with E-state index in [1.54, 1.807) is 19.2 Å². The lowest BCUT2D eigenvalue weighted by Crippen LogP contribution is -2.11. The molecule has 0 fully saturated rings. The van der Waals surface area contributed by atoms with Gasteiger partial charge in [0.25, 0.3) is 11.1 Å². The predicted octanol–water partition coefficient (Wildman–Crippen LogP) is 4.17. The van der Waals surface area contributed by atoms with Crippen LogP contribution in [-0.4, -0.2) is 34.9 Å². The summed E-state index contributed by atoms with van der Waals surface area (Å²) < 4.78 is 24.1. The van der Waals surface area contributed by atoms with Gasteiger partial charge in [-0.1, -0.05) is 41.2 Å². The summed E-state index contributed by atoms with van der Waals surface area (Å²) in [5.41, 5.74) is 2.42. The highest BCUT2D eigenvalue weighted by atomic mass is 32.2. The van der Waals surface area contributed by atoms with Crippen LogP contribution in [-0.2, 0) is 4.84 Å². The molecule has 0 unspecified atom stereocenters. The second-order valence-electron chi connectivity index (χ2n) is 5.86. The van der Waals surface area contributed by atoms with E-state index in [9.17, 15) is 4.39 Å². The van der Waals surface area contributed by atoms with E-state index >= 15 is 0 Å². The van der Waals surface area contributed by atoms with Gasteiger partial charge in [0.1, 0.15) is 17.7 Å². The lowest BCUT2D eigenvalue weighted by Gasteiger charge is -2.05. The van der Waals surface area contributed by atoms with Crippen LogP contribution in [0.1, 0.15) is 12.0 Å². The summed E-state index contributed by atoms with van der Waals surface area (Å²) in [6.45, 7) is 0. The Balaban J connectivity index is 1.35. The van der Waals surface area contributed by atoms with Crippen molar-refractivity contribution >= 4 is 17.5 Å². The van der Waals surface area contributed by atoms with Crippen molar-refractivity contribution in [3.05, 3.63) is 59.9 Å². The van der Waals surface area contributed by atoms with Crippen LogP contribution in [0.5, 0.6) is 5.75 Å². The molecule has 6 nitrogen and oxygen atoms in total. The third kappa shape index (κ3) is 3.95. The Morgan fingerprint density at radius 1 is 1.15 bits per heavy atom. The number of para-hydroxylation sites is 1. The maximum absolute atomic E-state index is 13.0. The molecule has 0 bridgehead atoms. The fourth-order valence-electron chi connectivity index (χ4n) is 2.69. The number of benzene rings is 2. The van der Waals surface area contributed by atoms with Gasteiger partial charge in [-0.2, -0.15) is 0 Å². The van der Waals surface area contributed by atoms with E-state index in [2.05, 4.69) is 15.4 Å². The number of hydrogen-bond donors (Lipinski definition) is 0. The first-order valence-corrected chi connectivity index (χ1v) is 9.30. The fourth-order valence-corrected chi connectivity index (χ4v) is 3.44. The first kappa shape index (κ1) is 17.5. The molecule has 4 rings (SSSR count). The van der Waals surface area contributed by atoms with Crippen molar-refractivity contribution in [2.24, 2.45) is 5.16 Å². The van der Waals surface area contributed by atoms with Crippen LogP contribution in [0.4, 0.5) is 4.39 Å². The number of halogens is 1. The van der Waals surface area contributed by atoms with E-state index in [1.165, 1.54) is 23.9 Å². The highest BCUT2D eigenvalue weighted by Gasteiger charge is 2.23. The van der Waals surface area contributed by atoms with Crippen molar-refractivity contribution in [1.29, 1.82) is 0 Å². The number of nitrogens with zero attached hydrogens (tertiary/aromatic N) is 3. The summed E-state index contributed by atoms with van der Waals surface area (Å²) in [5, 5.41) is 12.7. The Bertz CT molecular complexity index is 959. The van der Waals surface area contributed by atoms with Crippen LogP contribution in [0.15, 0.2) is 63.3 Å². The van der Waals surface area contributed by atoms with Crippen LogP contribution in [0, 0.1) is 5.82 Å². The Morgan fingerprint density at radius 2 is 1.96 bits per heavy atom. The normalized spacial score (nSPS) is 16.1. The second kappa shape index (κ2) is 7.79. The minimum atomic E-state index is -0.271. The summed E-state index contributed by atoms with van der Waals surface area (Å²) in [6.07, 6.45) is 0.545. The number of rotatable bonds is 6. The largest absolute Gasteiger partial charge is 0.496 e. The average Bonchev–Trinajstić information content (AvgIpc) is 3.36. The smallest absolute Gasteiger partial charge is 0.276 e. The Kier molecular flexibility index (Phi) is 5.06. The zero-order chi connectivity index (χ0) is 18.6. The highest BCUT2D eigenvalue weighted by Crippen LogP contribution is 2.31. The van der Waals surface area contributed by atoms with Gasteiger partial charge >= 0.3 is 0 Å². The molecule has 2 heterocycles. The van der Waals surface area contributed by atoms with Crippen molar-refractivity contribution in [3.63, 3.8) is 0 Å². The molecule has 0 spiro atoms. The molecule has 0 amide bonds. The summed E-state index contributed by atoms with van der Waals surface area (Å²) in [4.78, 5) is 5.46. The minimum Gasteiger partial charge on any atom is -0.496 e. The van der Waals surface area contributed by atoms with E-state index in [4.69, 9.17) is 14.0 Å². The molecule has 0 aliphatic carbocycles. The number of oxime groups is 1. The molecule has 138 valence electrons. The van der Waals surface area contributed by atoms with Crippen LogP contribution in [0.2, 0.25) is 0 Å². The molecule has 0 N–H and O–H groups in total. The predicted molar refractivity (Wildman–Crippen MR) is 99.4 cm³/mol. The second-order valence-corrected chi connectivity index (χ2v) is 6.83. The average molecular weight is 385 g/mol. The quantitative estimate of drug-likeness (QED) is 0.593. The first-order chi connectivity index (χ1) is 13.2. The maximum Gasteiger partial charge on any atom is 0.276 e. The van der Waals surface area contributed by atoms with Crippen LogP contribution in [0.3, 0.4) is 0 Å². The van der Waals surface area contributed by atoms with E-state index < -0.39 is 0 Å². The molecular weight excluding hydrogens is 369 g/mol. The van der Waals surface area contributed by atoms with Gasteiger partial charge in [-0.3, -0.25) is 0 Å². The van der Waals surface area contributed by atoms with Gasteiger partial charge in [-0.25, -0.2) is 4.39 Å². The third-order valence-electron chi connectivity index (χ3n) is 4.05. The fraction of sp³-hybridized carbons (Fsp3) is 0.211. The van der Waals surface area contributed by atoms with E-state index in [-0.39, 0.29) is 11.9 Å². The van der Waals surface area contributed by atoms with Crippen molar-refractivity contribution in [1.82, 2.24) is 10.2 Å². The zero-order valence-electron chi connectivity index (χ0n) is 14.5. The molecule has 27 heavy (non-hydrogen) atoms. The zero-order valence-corrected chi connectivity index (χ0v) is 15.3. The van der Waals surface area contributed by atoms with Crippen LogP contribution >= 0.6 is 11.8 Å². The van der Waals surface area contributed by atoms with E-state index in [1.807, 2.05) is 24.3 Å². The molecule has 8 heteroatoms. The number of aromatic nitrogens is 2. The molecule has 1 aromatic heterocycles. The van der Waals surface area contributed by atoms with Crippen molar-refractivity contribution < 1.29 is 18.4 Å². The SMILES string of the molecule is COc1ccccc1-c1nnc(SC[C@H]2CC(c3ccc(F)cc3)=NO2)o1. The number of hydrogen-bond acceptors (Lipinski definition) is 7. The van der Waals surface area contributed by atoms with E-state index in [0.29, 0.717) is 29.0 Å². The van der Waals surface area contributed by atoms with Gasteiger partial charge in [0.05, 0.1) is 18.4 Å².